The molecule has 230 valence electrons. The van der Waals surface area contributed by atoms with Gasteiger partial charge in [0, 0.05) is 67.6 Å². The summed E-state index contributed by atoms with van der Waals surface area (Å²) in [7, 11) is 4.92. The van der Waals surface area contributed by atoms with E-state index in [-0.39, 0.29) is 19.8 Å². The highest BCUT2D eigenvalue weighted by Gasteiger charge is 1.80. The third-order valence-electron chi connectivity index (χ3n) is 3.25. The predicted molar refractivity (Wildman–Crippen MR) is 153 cm³/mol. The van der Waals surface area contributed by atoms with Crippen molar-refractivity contribution in [2.24, 2.45) is 0 Å². The van der Waals surface area contributed by atoms with Crippen LogP contribution in [0.25, 0.3) is 0 Å². The van der Waals surface area contributed by atoms with Gasteiger partial charge in [-0.15, -0.1) is 0 Å². The van der Waals surface area contributed by atoms with Crippen molar-refractivity contribution in [1.29, 1.82) is 0 Å². The maximum Gasteiger partial charge on any atom is 0.0693 e. The third kappa shape index (κ3) is 167. The van der Waals surface area contributed by atoms with Crippen LogP contribution in [-0.4, -0.2) is 111 Å². The number of unbranched alkanes of at least 4 members (excludes halogenated alkanes) is 5. The van der Waals surface area contributed by atoms with E-state index >= 15 is 0 Å². The van der Waals surface area contributed by atoms with E-state index in [1.165, 1.54) is 25.7 Å². The van der Waals surface area contributed by atoms with Gasteiger partial charge < -0.3 is 44.8 Å². The van der Waals surface area contributed by atoms with E-state index in [1.807, 2.05) is 6.92 Å². The van der Waals surface area contributed by atoms with Crippen molar-refractivity contribution in [1.82, 2.24) is 0 Å². The first-order chi connectivity index (χ1) is 17.4. The Morgan fingerprint density at radius 2 is 0.694 bits per heavy atom. The van der Waals surface area contributed by atoms with Gasteiger partial charge in [0.2, 0.25) is 0 Å². The summed E-state index contributed by atoms with van der Waals surface area (Å²) in [6.07, 6.45) is 10.8. The molecule has 0 amide bonds. The molecule has 36 heavy (non-hydrogen) atoms. The lowest BCUT2D eigenvalue weighted by Gasteiger charge is -1.92. The Hall–Kier alpha value is -0.360. The van der Waals surface area contributed by atoms with Crippen LogP contribution in [0.4, 0.5) is 0 Å². The van der Waals surface area contributed by atoms with Crippen LogP contribution in [0, 0.1) is 0 Å². The molecule has 0 radical (unpaired) electrons. The molecule has 0 aromatic rings. The fraction of sp³-hybridized carbons (Fsp3) is 1.00. The Labute approximate surface area is 224 Å². The lowest BCUT2D eigenvalue weighted by Crippen LogP contribution is -1.91. The van der Waals surface area contributed by atoms with Crippen molar-refractivity contribution in [2.45, 2.75) is 98.8 Å². The minimum atomic E-state index is 0.122. The number of hydrogen-bond acceptors (Lipinski definition) is 9. The monoisotopic (exact) mass is 536 g/mol. The van der Waals surface area contributed by atoms with Crippen LogP contribution in [0.1, 0.15) is 98.8 Å². The Morgan fingerprint density at radius 3 is 0.833 bits per heavy atom. The van der Waals surface area contributed by atoms with E-state index in [0.29, 0.717) is 33.0 Å². The largest absolute Gasteiger partial charge is 0.397 e. The topological polar surface area (TPSA) is 149 Å². The molecule has 0 saturated carbocycles. The Balaban J connectivity index is -0.0000000553. The average molecular weight is 537 g/mol. The fourth-order valence-corrected chi connectivity index (χ4v) is 1.32. The number of ether oxygens (including phenoxy) is 3. The highest BCUT2D eigenvalue weighted by atomic mass is 16.5. The van der Waals surface area contributed by atoms with E-state index in [2.05, 4.69) is 30.2 Å². The van der Waals surface area contributed by atoms with Crippen molar-refractivity contribution in [3.63, 3.8) is 0 Å². The lowest BCUT2D eigenvalue weighted by molar-refractivity contribution is 0.135. The van der Waals surface area contributed by atoms with Crippen LogP contribution in [0.2, 0.25) is 0 Å². The molecule has 0 aliphatic rings. The molecule has 0 aromatic carbocycles. The second-order valence-electron chi connectivity index (χ2n) is 7.03. The van der Waals surface area contributed by atoms with Crippen LogP contribution in [-0.2, 0) is 14.2 Å². The van der Waals surface area contributed by atoms with E-state index < -0.39 is 0 Å². The molecule has 0 aliphatic heterocycles. The minimum absolute atomic E-state index is 0.122. The van der Waals surface area contributed by atoms with E-state index in [0.717, 1.165) is 45.1 Å². The van der Waals surface area contributed by atoms with Crippen molar-refractivity contribution < 1.29 is 44.8 Å². The van der Waals surface area contributed by atoms with Crippen LogP contribution in [0.3, 0.4) is 0 Å². The highest BCUT2D eigenvalue weighted by Crippen LogP contribution is 1.91. The maximum atomic E-state index is 8.20. The van der Waals surface area contributed by atoms with Crippen molar-refractivity contribution >= 4 is 0 Å². The number of hydrogen-bond donors (Lipinski definition) is 6. The predicted octanol–water partition coefficient (Wildman–Crippen LogP) is 3.80. The summed E-state index contributed by atoms with van der Waals surface area (Å²) in [6.45, 7) is 13.6. The van der Waals surface area contributed by atoms with E-state index in [1.54, 1.807) is 28.3 Å². The smallest absolute Gasteiger partial charge is 0.0693 e. The maximum absolute atomic E-state index is 8.20. The number of methoxy groups -OCH3 is 3. The molecule has 0 aliphatic carbocycles. The molecule has 0 bridgehead atoms. The van der Waals surface area contributed by atoms with E-state index in [9.17, 15) is 0 Å². The summed E-state index contributed by atoms with van der Waals surface area (Å²) in [5, 5.41) is 47.8. The molecule has 6 N–H and O–H groups in total. The summed E-state index contributed by atoms with van der Waals surface area (Å²) >= 11 is 0. The quantitative estimate of drug-likeness (QED) is 0.172. The van der Waals surface area contributed by atoms with Gasteiger partial charge in [-0.2, -0.15) is 0 Å². The lowest BCUT2D eigenvalue weighted by atomic mass is 10.3. The number of aliphatic hydroxyl groups is 6. The van der Waals surface area contributed by atoms with Gasteiger partial charge in [0.05, 0.1) is 13.2 Å². The van der Waals surface area contributed by atoms with Gasteiger partial charge in [-0.3, -0.25) is 0 Å². The van der Waals surface area contributed by atoms with Crippen LogP contribution >= 0.6 is 0 Å². The van der Waals surface area contributed by atoms with Gasteiger partial charge in [0.15, 0.2) is 0 Å². The van der Waals surface area contributed by atoms with Gasteiger partial charge in [0.25, 0.3) is 0 Å². The van der Waals surface area contributed by atoms with Crippen molar-refractivity contribution in [3.05, 3.63) is 0 Å². The summed E-state index contributed by atoms with van der Waals surface area (Å²) in [4.78, 5) is 0. The zero-order valence-electron chi connectivity index (χ0n) is 25.3. The molecule has 0 fully saturated rings. The highest BCUT2D eigenvalue weighted by molar-refractivity contribution is 4.33. The molecule has 0 unspecified atom stereocenters. The molecule has 0 saturated heterocycles. The van der Waals surface area contributed by atoms with E-state index in [4.69, 9.17) is 35.4 Å². The number of aliphatic hydroxyl groups excluding tert-OH is 6. The first-order valence-corrected chi connectivity index (χ1v) is 13.5. The summed E-state index contributed by atoms with van der Waals surface area (Å²) in [5.41, 5.74) is 0. The molecule has 0 aromatic heterocycles. The third-order valence-corrected chi connectivity index (χ3v) is 3.25. The summed E-state index contributed by atoms with van der Waals surface area (Å²) < 4.78 is 13.9. The molecular weight excluding hydrogens is 468 g/mol. The Kier molecular flexibility index (Phi) is 121. The SMILES string of the molecule is CCCCCO.CCCCCOC.CCCCO.CCCO.CCO.COCCCO.COCCO. The Bertz CT molecular complexity index is 193. The van der Waals surface area contributed by atoms with Gasteiger partial charge in [-0.25, -0.2) is 0 Å². The summed E-state index contributed by atoms with van der Waals surface area (Å²) in [5.74, 6) is 0. The average Bonchev–Trinajstić information content (AvgIpc) is 2.89. The molecule has 9 heteroatoms. The number of rotatable bonds is 15. The van der Waals surface area contributed by atoms with Crippen LogP contribution in [0.15, 0.2) is 0 Å². The molecule has 0 rings (SSSR count). The van der Waals surface area contributed by atoms with Crippen LogP contribution < -0.4 is 0 Å². The zero-order valence-corrected chi connectivity index (χ0v) is 25.3. The van der Waals surface area contributed by atoms with Gasteiger partial charge in [-0.1, -0.05) is 59.8 Å². The second kappa shape index (κ2) is 83.7. The first kappa shape index (κ1) is 52.1. The van der Waals surface area contributed by atoms with Crippen molar-refractivity contribution in [3.8, 4) is 0 Å². The molecule has 0 atom stereocenters. The van der Waals surface area contributed by atoms with Gasteiger partial charge in [0.1, 0.15) is 0 Å². The second-order valence-corrected chi connectivity index (χ2v) is 7.03. The van der Waals surface area contributed by atoms with Gasteiger partial charge >= 0.3 is 0 Å². The van der Waals surface area contributed by atoms with Crippen molar-refractivity contribution in [2.75, 3.05) is 80.8 Å². The molecular formula is C27H68O9. The summed E-state index contributed by atoms with van der Waals surface area (Å²) in [6, 6.07) is 0. The molecule has 0 spiro atoms. The Morgan fingerprint density at radius 1 is 0.361 bits per heavy atom. The standard InChI is InChI=1S/C6H14O.C5H12O.C4H10O2.C4H10O.C3H8O2.C3H8O.C2H6O/c1-3-4-5-6-7-2;1-2-3-4-5-6;1-6-4-2-3-5;1-2-3-4-5;1-5-3-2-4;1-2-3-4;1-2-3/h3-6H2,1-2H3;6H,2-5H2,1H3;5H,2-4H2,1H3;5H,2-4H2,1H3;4H,2-3H2,1H3;4H,2-3H2,1H3;3H,2H2,1H3. The fourth-order valence-electron chi connectivity index (χ4n) is 1.32. The van der Waals surface area contributed by atoms with Gasteiger partial charge in [-0.05, 0) is 39.0 Å². The molecule has 9 nitrogen and oxygen atoms in total. The molecule has 0 heterocycles. The minimum Gasteiger partial charge on any atom is -0.397 e. The first-order valence-electron chi connectivity index (χ1n) is 13.5. The zero-order chi connectivity index (χ0) is 29.6. The normalized spacial score (nSPS) is 8.50. The van der Waals surface area contributed by atoms with Crippen LogP contribution in [0.5, 0.6) is 0 Å².